The van der Waals surface area contributed by atoms with Crippen molar-refractivity contribution in [2.75, 3.05) is 5.32 Å². The minimum Gasteiger partial charge on any atom is -0.389 e. The summed E-state index contributed by atoms with van der Waals surface area (Å²) in [6.45, 7) is 3.71. The topological polar surface area (TPSA) is 55.1 Å². The van der Waals surface area contributed by atoms with E-state index in [2.05, 4.69) is 5.32 Å². The molecule has 0 aliphatic heterocycles. The smallest absolute Gasteiger partial charge is 0.224 e. The summed E-state index contributed by atoms with van der Waals surface area (Å²) in [5.74, 6) is -0.0434. The number of rotatable bonds is 3. The molecule has 1 aromatic carbocycles. The van der Waals surface area contributed by atoms with Crippen LogP contribution in [0.5, 0.6) is 0 Å². The van der Waals surface area contributed by atoms with Gasteiger partial charge in [0.05, 0.1) is 5.69 Å². The lowest BCUT2D eigenvalue weighted by Crippen LogP contribution is -2.17. The predicted octanol–water partition coefficient (Wildman–Crippen LogP) is 1.98. The highest BCUT2D eigenvalue weighted by Crippen LogP contribution is 2.19. The van der Waals surface area contributed by atoms with Crippen LogP contribution in [0.25, 0.3) is 0 Å². The Morgan fingerprint density at radius 1 is 1.53 bits per heavy atom. The van der Waals surface area contributed by atoms with Crippen LogP contribution >= 0.6 is 12.2 Å². The molecule has 0 aliphatic rings. The van der Waals surface area contributed by atoms with E-state index in [4.69, 9.17) is 18.0 Å². The Bertz CT molecular complexity index is 402. The van der Waals surface area contributed by atoms with Gasteiger partial charge < -0.3 is 11.1 Å². The Balaban J connectivity index is 3.11. The number of aryl methyl sites for hydroxylation is 1. The monoisotopic (exact) mass is 222 g/mol. The standard InChI is InChI=1S/C11H14N2OS/c1-3-9(14)13-8-6-4-5-7(2)10(8)11(12)15/h4-6H,3H2,1-2H3,(H2,12,15)(H,13,14). The zero-order chi connectivity index (χ0) is 11.4. The zero-order valence-electron chi connectivity index (χ0n) is 8.83. The number of amides is 1. The first-order valence-corrected chi connectivity index (χ1v) is 5.16. The SMILES string of the molecule is CCC(=O)Nc1cccc(C)c1C(N)=S. The van der Waals surface area contributed by atoms with Crippen LogP contribution in [-0.2, 0) is 4.79 Å². The lowest BCUT2D eigenvalue weighted by Gasteiger charge is -2.11. The third-order valence-electron chi connectivity index (χ3n) is 2.11. The fourth-order valence-corrected chi connectivity index (χ4v) is 1.61. The Hall–Kier alpha value is -1.42. The first kappa shape index (κ1) is 11.7. The number of nitrogens with one attached hydrogen (secondary N) is 1. The lowest BCUT2D eigenvalue weighted by atomic mass is 10.1. The van der Waals surface area contributed by atoms with E-state index in [1.54, 1.807) is 13.0 Å². The fourth-order valence-electron chi connectivity index (χ4n) is 1.34. The van der Waals surface area contributed by atoms with E-state index in [1.165, 1.54) is 0 Å². The predicted molar refractivity (Wildman–Crippen MR) is 66.0 cm³/mol. The maximum atomic E-state index is 11.3. The van der Waals surface area contributed by atoms with E-state index < -0.39 is 0 Å². The molecule has 0 saturated carbocycles. The van der Waals surface area contributed by atoms with Gasteiger partial charge >= 0.3 is 0 Å². The van der Waals surface area contributed by atoms with Crippen LogP contribution in [0.4, 0.5) is 5.69 Å². The van der Waals surface area contributed by atoms with Gasteiger partial charge in [0, 0.05) is 12.0 Å². The number of hydrogen-bond acceptors (Lipinski definition) is 2. The number of thiocarbonyl (C=S) groups is 1. The van der Waals surface area contributed by atoms with Crippen LogP contribution < -0.4 is 11.1 Å². The molecule has 0 aromatic heterocycles. The summed E-state index contributed by atoms with van der Waals surface area (Å²) in [7, 11) is 0. The van der Waals surface area contributed by atoms with E-state index in [1.807, 2.05) is 19.1 Å². The number of carbonyl (C=O) groups is 1. The molecule has 0 atom stereocenters. The maximum Gasteiger partial charge on any atom is 0.224 e. The van der Waals surface area contributed by atoms with Crippen molar-refractivity contribution >= 4 is 28.8 Å². The lowest BCUT2D eigenvalue weighted by molar-refractivity contribution is -0.115. The van der Waals surface area contributed by atoms with Gasteiger partial charge in [0.1, 0.15) is 4.99 Å². The van der Waals surface area contributed by atoms with Gasteiger partial charge in [0.15, 0.2) is 0 Å². The fraction of sp³-hybridized carbons (Fsp3) is 0.273. The Labute approximate surface area is 94.7 Å². The molecule has 0 fully saturated rings. The molecule has 3 N–H and O–H groups in total. The van der Waals surface area contributed by atoms with Crippen molar-refractivity contribution < 1.29 is 4.79 Å². The van der Waals surface area contributed by atoms with Gasteiger partial charge in [-0.05, 0) is 18.6 Å². The van der Waals surface area contributed by atoms with Crippen LogP contribution in [0.15, 0.2) is 18.2 Å². The Kier molecular flexibility index (Phi) is 3.80. The highest BCUT2D eigenvalue weighted by molar-refractivity contribution is 7.80. The van der Waals surface area contributed by atoms with Gasteiger partial charge in [-0.25, -0.2) is 0 Å². The van der Waals surface area contributed by atoms with Crippen molar-refractivity contribution in [2.45, 2.75) is 20.3 Å². The van der Waals surface area contributed by atoms with E-state index in [0.717, 1.165) is 11.1 Å². The molecule has 4 heteroatoms. The molecule has 1 aromatic rings. The van der Waals surface area contributed by atoms with Crippen molar-refractivity contribution in [3.63, 3.8) is 0 Å². The Morgan fingerprint density at radius 2 is 2.20 bits per heavy atom. The van der Waals surface area contributed by atoms with Crippen LogP contribution in [0.2, 0.25) is 0 Å². The van der Waals surface area contributed by atoms with E-state index in [-0.39, 0.29) is 5.91 Å². The second-order valence-corrected chi connectivity index (χ2v) is 3.70. The first-order chi connectivity index (χ1) is 7.06. The summed E-state index contributed by atoms with van der Waals surface area (Å²) < 4.78 is 0. The second kappa shape index (κ2) is 4.89. The summed E-state index contributed by atoms with van der Waals surface area (Å²) in [6.07, 6.45) is 0.435. The molecule has 0 bridgehead atoms. The van der Waals surface area contributed by atoms with Gasteiger partial charge in [0.2, 0.25) is 5.91 Å². The van der Waals surface area contributed by atoms with Crippen LogP contribution in [0, 0.1) is 6.92 Å². The number of benzene rings is 1. The quantitative estimate of drug-likeness (QED) is 0.769. The third kappa shape index (κ3) is 2.76. The highest BCUT2D eigenvalue weighted by atomic mass is 32.1. The molecular formula is C11H14N2OS. The molecule has 0 saturated heterocycles. The van der Waals surface area contributed by atoms with Crippen molar-refractivity contribution in [2.24, 2.45) is 5.73 Å². The molecule has 0 unspecified atom stereocenters. The molecule has 80 valence electrons. The molecule has 3 nitrogen and oxygen atoms in total. The molecule has 0 spiro atoms. The van der Waals surface area contributed by atoms with Crippen molar-refractivity contribution in [3.8, 4) is 0 Å². The summed E-state index contributed by atoms with van der Waals surface area (Å²) in [4.78, 5) is 11.6. The summed E-state index contributed by atoms with van der Waals surface area (Å²) in [5.41, 5.74) is 8.02. The summed E-state index contributed by atoms with van der Waals surface area (Å²) in [6, 6.07) is 5.58. The minimum atomic E-state index is -0.0434. The molecule has 15 heavy (non-hydrogen) atoms. The summed E-state index contributed by atoms with van der Waals surface area (Å²) >= 11 is 4.95. The van der Waals surface area contributed by atoms with E-state index >= 15 is 0 Å². The Morgan fingerprint density at radius 3 is 2.73 bits per heavy atom. The highest BCUT2D eigenvalue weighted by Gasteiger charge is 2.09. The zero-order valence-corrected chi connectivity index (χ0v) is 9.65. The van der Waals surface area contributed by atoms with Gasteiger partial charge in [-0.1, -0.05) is 31.3 Å². The molecule has 1 rings (SSSR count). The molecule has 0 heterocycles. The average molecular weight is 222 g/mol. The first-order valence-electron chi connectivity index (χ1n) is 4.75. The largest absolute Gasteiger partial charge is 0.389 e. The van der Waals surface area contributed by atoms with Crippen molar-refractivity contribution in [1.29, 1.82) is 0 Å². The number of carbonyl (C=O) groups excluding carboxylic acids is 1. The van der Waals surface area contributed by atoms with Crippen molar-refractivity contribution in [1.82, 2.24) is 0 Å². The van der Waals surface area contributed by atoms with E-state index in [9.17, 15) is 4.79 Å². The molecule has 1 amide bonds. The molecule has 0 aliphatic carbocycles. The van der Waals surface area contributed by atoms with Gasteiger partial charge in [-0.3, -0.25) is 4.79 Å². The van der Waals surface area contributed by atoms with Gasteiger partial charge in [-0.15, -0.1) is 0 Å². The molecular weight excluding hydrogens is 208 g/mol. The van der Waals surface area contributed by atoms with Crippen LogP contribution in [0.3, 0.4) is 0 Å². The van der Waals surface area contributed by atoms with Crippen LogP contribution in [-0.4, -0.2) is 10.9 Å². The average Bonchev–Trinajstić information content (AvgIpc) is 2.17. The molecule has 0 radical (unpaired) electrons. The second-order valence-electron chi connectivity index (χ2n) is 3.26. The number of hydrogen-bond donors (Lipinski definition) is 2. The maximum absolute atomic E-state index is 11.3. The third-order valence-corrected chi connectivity index (χ3v) is 2.32. The normalized spacial score (nSPS) is 9.73. The number of anilines is 1. The number of nitrogens with two attached hydrogens (primary N) is 1. The van der Waals surface area contributed by atoms with Crippen molar-refractivity contribution in [3.05, 3.63) is 29.3 Å². The van der Waals surface area contributed by atoms with Gasteiger partial charge in [0.25, 0.3) is 0 Å². The van der Waals surface area contributed by atoms with E-state index in [0.29, 0.717) is 17.1 Å². The van der Waals surface area contributed by atoms with Crippen LogP contribution in [0.1, 0.15) is 24.5 Å². The van der Waals surface area contributed by atoms with Gasteiger partial charge in [-0.2, -0.15) is 0 Å². The summed E-state index contributed by atoms with van der Waals surface area (Å²) in [5, 5.41) is 2.78. The minimum absolute atomic E-state index is 0.0434.